The van der Waals surface area contributed by atoms with E-state index in [9.17, 15) is 9.59 Å². The van der Waals surface area contributed by atoms with Crippen LogP contribution in [-0.4, -0.2) is 66.2 Å². The average Bonchev–Trinajstić information content (AvgIpc) is 3.16. The third-order valence-corrected chi connectivity index (χ3v) is 6.98. The van der Waals surface area contributed by atoms with Gasteiger partial charge >= 0.3 is 0 Å². The standard InChI is InChI=1S/C29H39N5O4/c1-19(27(31)34-25(30)10-13-29(34,3)4)8-7-9-20(2)32-28(36)23-16-22-18-33(26(35)12-15-37-5)14-11-21(22)17-24(23)38-6/h7-9,16-17,30-31H,1,10-15,18H2,2-6H3,(H,32,36)/b8-7-,20-9+,30-25?,31-27?. The number of rotatable bonds is 9. The second-order valence-electron chi connectivity index (χ2n) is 10.3. The number of allylic oxidation sites excluding steroid dienone is 3. The molecule has 1 aromatic carbocycles. The van der Waals surface area contributed by atoms with E-state index in [1.807, 2.05) is 19.9 Å². The number of nitrogens with zero attached hydrogens (tertiary/aromatic N) is 2. The fourth-order valence-corrected chi connectivity index (χ4v) is 4.76. The van der Waals surface area contributed by atoms with E-state index in [-0.39, 0.29) is 23.2 Å². The number of ether oxygens (including phenoxy) is 2. The molecule has 2 aliphatic heterocycles. The molecule has 0 radical (unpaired) electrons. The maximum absolute atomic E-state index is 13.1. The summed E-state index contributed by atoms with van der Waals surface area (Å²) in [6.45, 7) is 11.2. The maximum Gasteiger partial charge on any atom is 0.259 e. The van der Waals surface area contributed by atoms with Gasteiger partial charge in [0, 0.05) is 43.4 Å². The highest BCUT2D eigenvalue weighted by Crippen LogP contribution is 2.31. The number of methoxy groups -OCH3 is 2. The lowest BCUT2D eigenvalue weighted by Gasteiger charge is -2.33. The van der Waals surface area contributed by atoms with Gasteiger partial charge in [-0.2, -0.15) is 0 Å². The summed E-state index contributed by atoms with van der Waals surface area (Å²) in [4.78, 5) is 29.1. The molecule has 0 saturated carbocycles. The van der Waals surface area contributed by atoms with Gasteiger partial charge in [0.25, 0.3) is 5.91 Å². The molecule has 1 fully saturated rings. The predicted molar refractivity (Wildman–Crippen MR) is 149 cm³/mol. The Labute approximate surface area is 225 Å². The summed E-state index contributed by atoms with van der Waals surface area (Å²) in [6, 6.07) is 3.69. The largest absolute Gasteiger partial charge is 0.496 e. The quantitative estimate of drug-likeness (QED) is 0.256. The Kier molecular flexibility index (Phi) is 9.27. The van der Waals surface area contributed by atoms with Crippen molar-refractivity contribution in [2.24, 2.45) is 0 Å². The highest BCUT2D eigenvalue weighted by Gasteiger charge is 2.38. The van der Waals surface area contributed by atoms with Crippen molar-refractivity contribution < 1.29 is 19.1 Å². The van der Waals surface area contributed by atoms with Crippen molar-refractivity contribution >= 4 is 23.5 Å². The van der Waals surface area contributed by atoms with Crippen LogP contribution in [0.2, 0.25) is 0 Å². The molecule has 0 bridgehead atoms. The number of likely N-dealkylation sites (tertiary alicyclic amines) is 1. The summed E-state index contributed by atoms with van der Waals surface area (Å²) in [5.74, 6) is 0.840. The Morgan fingerprint density at radius 1 is 1.21 bits per heavy atom. The minimum Gasteiger partial charge on any atom is -0.496 e. The highest BCUT2D eigenvalue weighted by molar-refractivity contribution is 6.09. The van der Waals surface area contributed by atoms with Crippen molar-refractivity contribution in [3.63, 3.8) is 0 Å². The predicted octanol–water partition coefficient (Wildman–Crippen LogP) is 4.19. The van der Waals surface area contributed by atoms with E-state index in [0.29, 0.717) is 67.4 Å². The number of benzene rings is 1. The van der Waals surface area contributed by atoms with E-state index in [1.54, 1.807) is 48.1 Å². The van der Waals surface area contributed by atoms with Gasteiger partial charge in [-0.25, -0.2) is 0 Å². The molecule has 0 spiro atoms. The number of amides is 2. The van der Waals surface area contributed by atoms with E-state index >= 15 is 0 Å². The molecular weight excluding hydrogens is 482 g/mol. The van der Waals surface area contributed by atoms with Gasteiger partial charge in [0.15, 0.2) is 0 Å². The van der Waals surface area contributed by atoms with Crippen molar-refractivity contribution in [3.05, 3.63) is 64.9 Å². The number of carbonyl (C=O) groups excluding carboxylic acids is 2. The van der Waals surface area contributed by atoms with Crippen molar-refractivity contribution in [3.8, 4) is 5.75 Å². The molecule has 1 saturated heterocycles. The van der Waals surface area contributed by atoms with Crippen LogP contribution >= 0.6 is 0 Å². The van der Waals surface area contributed by atoms with E-state index in [2.05, 4.69) is 11.9 Å². The summed E-state index contributed by atoms with van der Waals surface area (Å²) >= 11 is 0. The molecule has 204 valence electrons. The van der Waals surface area contributed by atoms with E-state index < -0.39 is 0 Å². The Morgan fingerprint density at radius 3 is 2.58 bits per heavy atom. The molecule has 3 N–H and O–H groups in total. The van der Waals surface area contributed by atoms with Gasteiger partial charge in [-0.15, -0.1) is 0 Å². The molecule has 0 aliphatic carbocycles. The molecular formula is C29H39N5O4. The maximum atomic E-state index is 13.1. The van der Waals surface area contributed by atoms with Gasteiger partial charge < -0.3 is 24.6 Å². The van der Waals surface area contributed by atoms with Gasteiger partial charge in [0.1, 0.15) is 17.4 Å². The molecule has 3 rings (SSSR count). The Morgan fingerprint density at radius 2 is 1.95 bits per heavy atom. The topological polar surface area (TPSA) is 119 Å². The minimum atomic E-state index is -0.312. The van der Waals surface area contributed by atoms with E-state index in [0.717, 1.165) is 17.5 Å². The van der Waals surface area contributed by atoms with Gasteiger partial charge in [-0.3, -0.25) is 20.4 Å². The van der Waals surface area contributed by atoms with Gasteiger partial charge in [-0.05, 0) is 62.9 Å². The van der Waals surface area contributed by atoms with Crippen molar-refractivity contribution in [1.82, 2.24) is 15.1 Å². The first-order valence-corrected chi connectivity index (χ1v) is 12.8. The van der Waals surface area contributed by atoms with E-state index in [1.165, 1.54) is 7.11 Å². The zero-order valence-electron chi connectivity index (χ0n) is 23.1. The van der Waals surface area contributed by atoms with Crippen molar-refractivity contribution in [2.45, 2.75) is 58.5 Å². The van der Waals surface area contributed by atoms with Crippen LogP contribution in [0.3, 0.4) is 0 Å². The smallest absolute Gasteiger partial charge is 0.259 e. The zero-order valence-corrected chi connectivity index (χ0v) is 23.1. The monoisotopic (exact) mass is 521 g/mol. The minimum absolute atomic E-state index is 0.0321. The molecule has 9 heteroatoms. The number of carbonyl (C=O) groups is 2. The molecule has 0 atom stereocenters. The molecule has 2 aliphatic rings. The fraction of sp³-hybridized carbons (Fsp3) is 0.448. The van der Waals surface area contributed by atoms with Gasteiger partial charge in [-0.1, -0.05) is 18.7 Å². The third-order valence-electron chi connectivity index (χ3n) is 6.98. The van der Waals surface area contributed by atoms with Crippen LogP contribution < -0.4 is 10.1 Å². The summed E-state index contributed by atoms with van der Waals surface area (Å²) in [6.07, 6.45) is 7.66. The van der Waals surface area contributed by atoms with Crippen LogP contribution in [0.15, 0.2) is 48.2 Å². The Bertz CT molecular complexity index is 1200. The summed E-state index contributed by atoms with van der Waals surface area (Å²) in [5.41, 5.74) is 3.21. The molecule has 2 heterocycles. The summed E-state index contributed by atoms with van der Waals surface area (Å²) < 4.78 is 10.5. The molecule has 9 nitrogen and oxygen atoms in total. The summed E-state index contributed by atoms with van der Waals surface area (Å²) in [5, 5.41) is 19.5. The van der Waals surface area contributed by atoms with Gasteiger partial charge in [0.2, 0.25) is 5.91 Å². The van der Waals surface area contributed by atoms with E-state index in [4.69, 9.17) is 20.3 Å². The first-order chi connectivity index (χ1) is 18.0. The Hall–Kier alpha value is -3.72. The number of hydrogen-bond donors (Lipinski definition) is 3. The zero-order chi connectivity index (χ0) is 28.0. The second-order valence-corrected chi connectivity index (χ2v) is 10.3. The lowest BCUT2D eigenvalue weighted by molar-refractivity contribution is -0.133. The third kappa shape index (κ3) is 6.58. The Balaban J connectivity index is 1.68. The van der Waals surface area contributed by atoms with Crippen molar-refractivity contribution in [1.29, 1.82) is 10.8 Å². The summed E-state index contributed by atoms with van der Waals surface area (Å²) in [7, 11) is 3.11. The second kappa shape index (κ2) is 12.2. The van der Waals surface area contributed by atoms with Crippen LogP contribution in [0.1, 0.15) is 61.5 Å². The normalized spacial score (nSPS) is 17.0. The SMILES string of the molecule is C=C(/C=C\C=C(/C)NC(=O)c1cc2c(cc1OC)CCN(C(=O)CCOC)C2)C(=N)N1C(=N)CCC1(C)C. The number of nitrogens with one attached hydrogen (secondary N) is 3. The highest BCUT2D eigenvalue weighted by atomic mass is 16.5. The lowest BCUT2D eigenvalue weighted by atomic mass is 9.96. The first kappa shape index (κ1) is 28.8. The van der Waals surface area contributed by atoms with Crippen LogP contribution in [-0.2, 0) is 22.5 Å². The van der Waals surface area contributed by atoms with Crippen LogP contribution in [0, 0.1) is 10.8 Å². The van der Waals surface area contributed by atoms with Crippen LogP contribution in [0.25, 0.3) is 0 Å². The number of fused-ring (bicyclic) bond motifs is 1. The van der Waals surface area contributed by atoms with Gasteiger partial charge in [0.05, 0.1) is 25.7 Å². The van der Waals surface area contributed by atoms with Crippen LogP contribution in [0.4, 0.5) is 0 Å². The molecule has 2 amide bonds. The van der Waals surface area contributed by atoms with Crippen molar-refractivity contribution in [2.75, 3.05) is 27.4 Å². The number of amidine groups is 2. The molecule has 0 aromatic heterocycles. The van der Waals surface area contributed by atoms with Crippen LogP contribution in [0.5, 0.6) is 5.75 Å². The first-order valence-electron chi connectivity index (χ1n) is 12.8. The average molecular weight is 522 g/mol. The fourth-order valence-electron chi connectivity index (χ4n) is 4.76. The molecule has 0 unspecified atom stereocenters. The molecule has 38 heavy (non-hydrogen) atoms. The molecule has 1 aromatic rings. The lowest BCUT2D eigenvalue weighted by Crippen LogP contribution is -2.44. The number of hydrogen-bond acceptors (Lipinski definition) is 6.